The molecule has 1 heterocycles. The van der Waals surface area contributed by atoms with Crippen molar-refractivity contribution in [1.29, 1.82) is 0 Å². The van der Waals surface area contributed by atoms with Crippen LogP contribution in [0.5, 0.6) is 0 Å². The van der Waals surface area contributed by atoms with Crippen molar-refractivity contribution in [2.45, 2.75) is 32.4 Å². The summed E-state index contributed by atoms with van der Waals surface area (Å²) < 4.78 is 52.4. The number of amides is 1. The Morgan fingerprint density at radius 1 is 1.14 bits per heavy atom. The van der Waals surface area contributed by atoms with Crippen LogP contribution in [0.1, 0.15) is 30.3 Å². The Kier molecular flexibility index (Phi) is 5.67. The lowest BCUT2D eigenvalue weighted by Gasteiger charge is -2.14. The van der Waals surface area contributed by atoms with E-state index in [1.54, 1.807) is 0 Å². The van der Waals surface area contributed by atoms with Gasteiger partial charge in [-0.05, 0) is 36.2 Å². The lowest BCUT2D eigenvalue weighted by molar-refractivity contribution is -0.137. The molecule has 3 aromatic rings. The minimum atomic E-state index is -4.46. The van der Waals surface area contributed by atoms with Crippen LogP contribution in [0.4, 0.5) is 17.6 Å². The number of hydrogen-bond acceptors (Lipinski definition) is 3. The largest absolute Gasteiger partial charge is 0.416 e. The fourth-order valence-electron chi connectivity index (χ4n) is 2.87. The minimum Gasteiger partial charge on any atom is -0.273 e. The van der Waals surface area contributed by atoms with Crippen LogP contribution >= 0.6 is 0 Å². The van der Waals surface area contributed by atoms with Crippen molar-refractivity contribution < 1.29 is 22.4 Å². The summed E-state index contributed by atoms with van der Waals surface area (Å²) in [6.07, 6.45) is -3.69. The molecular formula is C20H17F4N3O2. The fourth-order valence-corrected chi connectivity index (χ4v) is 2.87. The van der Waals surface area contributed by atoms with E-state index in [0.717, 1.165) is 28.9 Å². The van der Waals surface area contributed by atoms with Gasteiger partial charge in [-0.2, -0.15) is 13.2 Å². The maximum atomic E-state index is 13.5. The first kappa shape index (κ1) is 20.5. The molecule has 0 unspecified atom stereocenters. The van der Waals surface area contributed by atoms with Gasteiger partial charge in [-0.25, -0.2) is 14.1 Å². The summed E-state index contributed by atoms with van der Waals surface area (Å²) in [5.74, 6) is -0.861. The molecule has 1 aromatic heterocycles. The van der Waals surface area contributed by atoms with Gasteiger partial charge in [0.25, 0.3) is 5.56 Å². The summed E-state index contributed by atoms with van der Waals surface area (Å²) in [6, 6.07) is 7.75. The van der Waals surface area contributed by atoms with E-state index in [1.165, 1.54) is 18.2 Å². The highest BCUT2D eigenvalue weighted by atomic mass is 19.4. The second-order valence-electron chi connectivity index (χ2n) is 6.49. The van der Waals surface area contributed by atoms with E-state index in [-0.39, 0.29) is 23.1 Å². The molecule has 1 N–H and O–H groups in total. The molecule has 0 atom stereocenters. The molecule has 0 bridgehead atoms. The van der Waals surface area contributed by atoms with Gasteiger partial charge in [0.1, 0.15) is 11.6 Å². The third kappa shape index (κ3) is 4.61. The maximum absolute atomic E-state index is 13.5. The molecule has 0 aliphatic carbocycles. The zero-order chi connectivity index (χ0) is 21.2. The van der Waals surface area contributed by atoms with E-state index in [2.05, 4.69) is 10.4 Å². The molecule has 152 valence electrons. The van der Waals surface area contributed by atoms with E-state index in [4.69, 9.17) is 0 Å². The number of nitrogens with one attached hydrogen (secondary N) is 1. The third-order valence-electron chi connectivity index (χ3n) is 4.26. The summed E-state index contributed by atoms with van der Waals surface area (Å²) in [5.41, 5.74) is 1.63. The lowest BCUT2D eigenvalue weighted by Crippen LogP contribution is -2.37. The van der Waals surface area contributed by atoms with Crippen LogP contribution in [0.2, 0.25) is 0 Å². The summed E-state index contributed by atoms with van der Waals surface area (Å²) in [4.78, 5) is 29.4. The SMILES string of the molecule is CCCc1nc2cc(F)ccc2c(=O)n1NC(=O)Cc1ccc(C(F)(F)F)cc1. The molecule has 0 fully saturated rings. The first-order valence-corrected chi connectivity index (χ1v) is 8.86. The molecule has 2 aromatic carbocycles. The Hall–Kier alpha value is -3.23. The topological polar surface area (TPSA) is 64.0 Å². The van der Waals surface area contributed by atoms with Gasteiger partial charge in [0.15, 0.2) is 0 Å². The van der Waals surface area contributed by atoms with Crippen molar-refractivity contribution in [3.63, 3.8) is 0 Å². The second-order valence-corrected chi connectivity index (χ2v) is 6.49. The van der Waals surface area contributed by atoms with Gasteiger partial charge in [-0.3, -0.25) is 15.0 Å². The van der Waals surface area contributed by atoms with Crippen LogP contribution in [0, 0.1) is 5.82 Å². The van der Waals surface area contributed by atoms with Crippen LogP contribution in [0.3, 0.4) is 0 Å². The van der Waals surface area contributed by atoms with E-state index in [9.17, 15) is 27.2 Å². The van der Waals surface area contributed by atoms with Crippen LogP contribution in [0.25, 0.3) is 10.9 Å². The second kappa shape index (κ2) is 8.02. The Bertz CT molecular complexity index is 1110. The number of halogens is 4. The molecule has 1 amide bonds. The Labute approximate surface area is 163 Å². The minimum absolute atomic E-state index is 0.140. The number of rotatable bonds is 5. The molecule has 0 aliphatic rings. The highest BCUT2D eigenvalue weighted by Crippen LogP contribution is 2.29. The number of nitrogens with zero attached hydrogens (tertiary/aromatic N) is 2. The fraction of sp³-hybridized carbons (Fsp3) is 0.250. The van der Waals surface area contributed by atoms with Gasteiger partial charge in [0.05, 0.1) is 22.9 Å². The van der Waals surface area contributed by atoms with E-state index in [0.29, 0.717) is 18.4 Å². The zero-order valence-electron chi connectivity index (χ0n) is 15.4. The lowest BCUT2D eigenvalue weighted by atomic mass is 10.1. The van der Waals surface area contributed by atoms with Crippen molar-refractivity contribution >= 4 is 16.8 Å². The molecule has 5 nitrogen and oxygen atoms in total. The molecule has 9 heteroatoms. The summed E-state index contributed by atoms with van der Waals surface area (Å²) >= 11 is 0. The number of fused-ring (bicyclic) bond motifs is 1. The van der Waals surface area contributed by atoms with Crippen LogP contribution < -0.4 is 11.0 Å². The molecule has 0 spiro atoms. The van der Waals surface area contributed by atoms with Gasteiger partial charge in [0, 0.05) is 12.5 Å². The average Bonchev–Trinajstić information content (AvgIpc) is 2.64. The average molecular weight is 407 g/mol. The van der Waals surface area contributed by atoms with Crippen molar-refractivity contribution in [3.8, 4) is 0 Å². The number of aromatic nitrogens is 2. The van der Waals surface area contributed by atoms with E-state index < -0.39 is 29.0 Å². The molecule has 3 rings (SSSR count). The highest BCUT2D eigenvalue weighted by molar-refractivity contribution is 5.86. The normalized spacial score (nSPS) is 11.6. The first-order valence-electron chi connectivity index (χ1n) is 8.86. The standard InChI is InChI=1S/C20H17F4N3O2/c1-2-3-17-25-16-11-14(21)8-9-15(16)19(29)27(17)26-18(28)10-12-4-6-13(7-5-12)20(22,23)24/h4-9,11H,2-3,10H2,1H3,(H,26,28). The van der Waals surface area contributed by atoms with Gasteiger partial charge < -0.3 is 0 Å². The maximum Gasteiger partial charge on any atom is 0.416 e. The monoisotopic (exact) mass is 407 g/mol. The highest BCUT2D eigenvalue weighted by Gasteiger charge is 2.30. The number of benzene rings is 2. The molecule has 0 aliphatic heterocycles. The summed E-state index contributed by atoms with van der Waals surface area (Å²) in [6.45, 7) is 1.86. The van der Waals surface area contributed by atoms with Crippen LogP contribution in [0.15, 0.2) is 47.3 Å². The smallest absolute Gasteiger partial charge is 0.273 e. The van der Waals surface area contributed by atoms with Gasteiger partial charge in [-0.1, -0.05) is 19.1 Å². The van der Waals surface area contributed by atoms with Gasteiger partial charge in [-0.15, -0.1) is 0 Å². The van der Waals surface area contributed by atoms with Crippen molar-refractivity contribution in [2.75, 3.05) is 5.43 Å². The number of aryl methyl sites for hydroxylation is 1. The third-order valence-corrected chi connectivity index (χ3v) is 4.26. The van der Waals surface area contributed by atoms with Gasteiger partial charge in [0.2, 0.25) is 5.91 Å². The molecule has 0 radical (unpaired) electrons. The zero-order valence-corrected chi connectivity index (χ0v) is 15.4. The number of carbonyl (C=O) groups excluding carboxylic acids is 1. The summed E-state index contributed by atoms with van der Waals surface area (Å²) in [7, 11) is 0. The molecule has 29 heavy (non-hydrogen) atoms. The number of alkyl halides is 3. The number of carbonyl (C=O) groups is 1. The van der Waals surface area contributed by atoms with Crippen molar-refractivity contribution in [1.82, 2.24) is 9.66 Å². The van der Waals surface area contributed by atoms with Crippen molar-refractivity contribution in [3.05, 3.63) is 75.6 Å². The van der Waals surface area contributed by atoms with Gasteiger partial charge >= 0.3 is 6.18 Å². The predicted octanol–water partition coefficient (Wildman–Crippen LogP) is 3.82. The summed E-state index contributed by atoms with van der Waals surface area (Å²) in [5, 5.41) is 0.140. The van der Waals surface area contributed by atoms with E-state index >= 15 is 0 Å². The van der Waals surface area contributed by atoms with Crippen LogP contribution in [-0.4, -0.2) is 15.6 Å². The predicted molar refractivity (Wildman–Crippen MR) is 99.5 cm³/mol. The Balaban J connectivity index is 1.87. The Morgan fingerprint density at radius 2 is 1.83 bits per heavy atom. The van der Waals surface area contributed by atoms with Crippen molar-refractivity contribution in [2.24, 2.45) is 0 Å². The van der Waals surface area contributed by atoms with Crippen LogP contribution in [-0.2, 0) is 23.8 Å². The number of hydrogen-bond donors (Lipinski definition) is 1. The molecular weight excluding hydrogens is 390 g/mol. The molecule has 0 saturated carbocycles. The Morgan fingerprint density at radius 3 is 2.45 bits per heavy atom. The van der Waals surface area contributed by atoms with E-state index in [1.807, 2.05) is 6.92 Å². The first-order chi connectivity index (χ1) is 13.7. The molecule has 0 saturated heterocycles. The quantitative estimate of drug-likeness (QED) is 0.654.